The van der Waals surface area contributed by atoms with Gasteiger partial charge in [0, 0.05) is 5.38 Å². The Bertz CT molecular complexity index is 208. The monoisotopic (exact) mass is 141 g/mol. The number of carbonyl (C=O) groups excluding carboxylic acids is 1. The van der Waals surface area contributed by atoms with Crippen molar-refractivity contribution in [3.05, 3.63) is 18.0 Å². The molecule has 1 aromatic heterocycles. The standard InChI is InChI=1S/C5H5N2OS/c1-4-2-9-5(7-4)6-3-8/h2-3H,1H2,(H,6,7,8). The van der Waals surface area contributed by atoms with Gasteiger partial charge in [-0.2, -0.15) is 0 Å². The molecule has 3 nitrogen and oxygen atoms in total. The minimum Gasteiger partial charge on any atom is -0.305 e. The molecule has 4 heteroatoms. The van der Waals surface area contributed by atoms with Gasteiger partial charge in [-0.25, -0.2) is 4.98 Å². The van der Waals surface area contributed by atoms with E-state index in [2.05, 4.69) is 17.2 Å². The molecule has 9 heavy (non-hydrogen) atoms. The fourth-order valence-electron chi connectivity index (χ4n) is 0.424. The number of anilines is 1. The van der Waals surface area contributed by atoms with E-state index in [0.29, 0.717) is 17.2 Å². The van der Waals surface area contributed by atoms with E-state index in [1.807, 2.05) is 0 Å². The van der Waals surface area contributed by atoms with Gasteiger partial charge < -0.3 is 5.32 Å². The summed E-state index contributed by atoms with van der Waals surface area (Å²) in [5.41, 5.74) is 0.685. The van der Waals surface area contributed by atoms with E-state index in [-0.39, 0.29) is 0 Å². The van der Waals surface area contributed by atoms with E-state index in [1.54, 1.807) is 5.38 Å². The maximum Gasteiger partial charge on any atom is 0.213 e. The number of carbonyl (C=O) groups is 1. The predicted molar refractivity (Wildman–Crippen MR) is 36.3 cm³/mol. The Labute approximate surface area is 56.7 Å². The quantitative estimate of drug-likeness (QED) is 0.621. The topological polar surface area (TPSA) is 42.0 Å². The highest BCUT2D eigenvalue weighted by Crippen LogP contribution is 2.12. The minimum absolute atomic E-state index is 0.593. The molecule has 0 fully saturated rings. The van der Waals surface area contributed by atoms with Crippen LogP contribution in [-0.4, -0.2) is 11.4 Å². The summed E-state index contributed by atoms with van der Waals surface area (Å²) in [6.45, 7) is 3.57. The van der Waals surface area contributed by atoms with Crippen molar-refractivity contribution in [2.45, 2.75) is 0 Å². The highest BCUT2D eigenvalue weighted by Gasteiger charge is 1.93. The highest BCUT2D eigenvalue weighted by molar-refractivity contribution is 7.13. The molecule has 47 valence electrons. The van der Waals surface area contributed by atoms with Gasteiger partial charge in [0.25, 0.3) is 0 Å². The third-order valence-electron chi connectivity index (χ3n) is 0.734. The lowest BCUT2D eigenvalue weighted by molar-refractivity contribution is -0.105. The summed E-state index contributed by atoms with van der Waals surface area (Å²) in [6.07, 6.45) is 0.596. The molecule has 1 heterocycles. The van der Waals surface area contributed by atoms with Crippen LogP contribution in [0, 0.1) is 6.92 Å². The van der Waals surface area contributed by atoms with Crippen molar-refractivity contribution in [1.82, 2.24) is 4.98 Å². The number of nitrogens with zero attached hydrogens (tertiary/aromatic N) is 1. The number of aromatic nitrogens is 1. The van der Waals surface area contributed by atoms with Gasteiger partial charge in [-0.15, -0.1) is 11.3 Å². The number of hydrogen-bond donors (Lipinski definition) is 1. The van der Waals surface area contributed by atoms with Gasteiger partial charge in [-0.3, -0.25) is 4.79 Å². The zero-order valence-corrected chi connectivity index (χ0v) is 5.44. The molecule has 0 aliphatic carbocycles. The second-order valence-electron chi connectivity index (χ2n) is 1.41. The van der Waals surface area contributed by atoms with E-state index in [9.17, 15) is 4.79 Å². The third-order valence-corrected chi connectivity index (χ3v) is 1.56. The molecular weight excluding hydrogens is 136 g/mol. The van der Waals surface area contributed by atoms with Crippen LogP contribution < -0.4 is 5.32 Å². The van der Waals surface area contributed by atoms with Gasteiger partial charge in [-0.05, 0) is 6.92 Å². The molecule has 0 spiro atoms. The molecular formula is C5H5N2OS. The zero-order valence-electron chi connectivity index (χ0n) is 4.63. The second kappa shape index (κ2) is 2.59. The third kappa shape index (κ3) is 1.50. The van der Waals surface area contributed by atoms with Crippen LogP contribution in [0.25, 0.3) is 0 Å². The van der Waals surface area contributed by atoms with Gasteiger partial charge >= 0.3 is 0 Å². The van der Waals surface area contributed by atoms with Crippen LogP contribution in [0.2, 0.25) is 0 Å². The highest BCUT2D eigenvalue weighted by atomic mass is 32.1. The van der Waals surface area contributed by atoms with Crippen molar-refractivity contribution < 1.29 is 4.79 Å². The molecule has 0 atom stereocenters. The summed E-state index contributed by atoms with van der Waals surface area (Å²) >= 11 is 1.36. The van der Waals surface area contributed by atoms with Crippen molar-refractivity contribution in [2.75, 3.05) is 5.32 Å². The van der Waals surface area contributed by atoms with Crippen LogP contribution in [-0.2, 0) is 4.79 Å². The average Bonchev–Trinajstić information content (AvgIpc) is 2.17. The summed E-state index contributed by atoms with van der Waals surface area (Å²) < 4.78 is 0. The molecule has 1 N–H and O–H groups in total. The Morgan fingerprint density at radius 1 is 1.89 bits per heavy atom. The SMILES string of the molecule is [CH2]c1csc(NC=O)n1. The number of thiazole rings is 1. The summed E-state index contributed by atoms with van der Waals surface area (Å²) in [5.74, 6) is 0. The molecule has 0 saturated carbocycles. The zero-order chi connectivity index (χ0) is 6.69. The van der Waals surface area contributed by atoms with E-state index in [1.165, 1.54) is 11.3 Å². The molecule has 1 rings (SSSR count). The Kier molecular flexibility index (Phi) is 1.79. The van der Waals surface area contributed by atoms with Crippen LogP contribution in [0.1, 0.15) is 5.69 Å². The van der Waals surface area contributed by atoms with Crippen molar-refractivity contribution in [2.24, 2.45) is 0 Å². The lowest BCUT2D eigenvalue weighted by Crippen LogP contribution is -1.91. The lowest BCUT2D eigenvalue weighted by atomic mass is 10.6. The van der Waals surface area contributed by atoms with Crippen molar-refractivity contribution in [1.29, 1.82) is 0 Å². The maximum absolute atomic E-state index is 9.82. The molecule has 1 radical (unpaired) electrons. The van der Waals surface area contributed by atoms with Crippen molar-refractivity contribution in [3.8, 4) is 0 Å². The first kappa shape index (κ1) is 6.22. The van der Waals surface area contributed by atoms with Gasteiger partial charge in [0.1, 0.15) is 0 Å². The Morgan fingerprint density at radius 2 is 2.67 bits per heavy atom. The Balaban J connectivity index is 2.72. The summed E-state index contributed by atoms with van der Waals surface area (Å²) in [5, 5.41) is 4.78. The first-order chi connectivity index (χ1) is 4.33. The summed E-state index contributed by atoms with van der Waals surface area (Å²) in [4.78, 5) is 13.7. The Morgan fingerprint density at radius 3 is 3.11 bits per heavy atom. The van der Waals surface area contributed by atoms with E-state index in [4.69, 9.17) is 0 Å². The Hall–Kier alpha value is -0.900. The van der Waals surface area contributed by atoms with Gasteiger partial charge in [-0.1, -0.05) is 0 Å². The molecule has 1 aromatic rings. The van der Waals surface area contributed by atoms with E-state index < -0.39 is 0 Å². The number of rotatable bonds is 2. The molecule has 0 saturated heterocycles. The summed E-state index contributed by atoms with van der Waals surface area (Å²) in [7, 11) is 0. The maximum atomic E-state index is 9.82. The van der Waals surface area contributed by atoms with Crippen LogP contribution in [0.3, 0.4) is 0 Å². The molecule has 0 aromatic carbocycles. The van der Waals surface area contributed by atoms with Crippen LogP contribution in [0.15, 0.2) is 5.38 Å². The molecule has 0 bridgehead atoms. The van der Waals surface area contributed by atoms with E-state index >= 15 is 0 Å². The first-order valence-electron chi connectivity index (χ1n) is 2.30. The predicted octanol–water partition coefficient (Wildman–Crippen LogP) is 0.894. The fourth-order valence-corrected chi connectivity index (χ4v) is 1.01. The lowest BCUT2D eigenvalue weighted by Gasteiger charge is -1.84. The van der Waals surface area contributed by atoms with Crippen LogP contribution in [0.5, 0.6) is 0 Å². The largest absolute Gasteiger partial charge is 0.305 e. The minimum atomic E-state index is 0.593. The number of nitrogens with one attached hydrogen (secondary N) is 1. The number of amides is 1. The van der Waals surface area contributed by atoms with Crippen molar-refractivity contribution in [3.63, 3.8) is 0 Å². The van der Waals surface area contributed by atoms with E-state index in [0.717, 1.165) is 0 Å². The van der Waals surface area contributed by atoms with Crippen LogP contribution in [0.4, 0.5) is 5.13 Å². The number of hydrogen-bond acceptors (Lipinski definition) is 3. The van der Waals surface area contributed by atoms with Gasteiger partial charge in [0.2, 0.25) is 6.41 Å². The first-order valence-corrected chi connectivity index (χ1v) is 3.18. The molecule has 0 aliphatic heterocycles. The summed E-state index contributed by atoms with van der Waals surface area (Å²) in [6, 6.07) is 0. The van der Waals surface area contributed by atoms with Gasteiger partial charge in [0.15, 0.2) is 5.13 Å². The van der Waals surface area contributed by atoms with Crippen LogP contribution >= 0.6 is 11.3 Å². The van der Waals surface area contributed by atoms with Gasteiger partial charge in [0.05, 0.1) is 5.69 Å². The molecule has 0 aliphatic rings. The van der Waals surface area contributed by atoms with Crippen molar-refractivity contribution >= 4 is 22.9 Å². The second-order valence-corrected chi connectivity index (χ2v) is 2.26. The smallest absolute Gasteiger partial charge is 0.213 e. The normalized spacial score (nSPS) is 9.00. The molecule has 1 amide bonds. The average molecular weight is 141 g/mol. The molecule has 0 unspecified atom stereocenters. The fraction of sp³-hybridized carbons (Fsp3) is 0.